The van der Waals surface area contributed by atoms with Crippen LogP contribution in [-0.2, 0) is 4.79 Å². The number of hydrogen-bond acceptors (Lipinski definition) is 6. The first kappa shape index (κ1) is 20.3. The molecule has 0 radical (unpaired) electrons. The number of nitrogens with one attached hydrogen (secondary N) is 1. The van der Waals surface area contributed by atoms with Gasteiger partial charge in [-0.25, -0.2) is 0 Å². The average molecular weight is 393 g/mol. The van der Waals surface area contributed by atoms with Crippen LogP contribution in [0.3, 0.4) is 0 Å². The summed E-state index contributed by atoms with van der Waals surface area (Å²) in [5.41, 5.74) is 1.51. The van der Waals surface area contributed by atoms with Crippen LogP contribution in [0.25, 0.3) is 11.4 Å². The van der Waals surface area contributed by atoms with Gasteiger partial charge in [-0.05, 0) is 24.3 Å². The van der Waals surface area contributed by atoms with Crippen LogP contribution in [0.2, 0.25) is 0 Å². The fraction of sp³-hybridized carbons (Fsp3) is 0.273. The third-order valence-electron chi connectivity index (χ3n) is 4.37. The van der Waals surface area contributed by atoms with Crippen molar-refractivity contribution in [2.24, 2.45) is 0 Å². The summed E-state index contributed by atoms with van der Waals surface area (Å²) in [6.07, 6.45) is 0.452. The Morgan fingerprint density at radius 1 is 1.10 bits per heavy atom. The highest BCUT2D eigenvalue weighted by Crippen LogP contribution is 2.19. The molecule has 1 atom stereocenters. The minimum Gasteiger partial charge on any atom is -0.484 e. The Balaban J connectivity index is 1.45. The number of hydrogen-bond donors (Lipinski definition) is 1. The van der Waals surface area contributed by atoms with Gasteiger partial charge < -0.3 is 14.6 Å². The second-order valence-electron chi connectivity index (χ2n) is 6.62. The van der Waals surface area contributed by atoms with Crippen molar-refractivity contribution in [2.75, 3.05) is 13.2 Å². The zero-order valence-corrected chi connectivity index (χ0v) is 16.4. The van der Waals surface area contributed by atoms with Gasteiger partial charge in [-0.2, -0.15) is 4.98 Å². The molecule has 0 saturated carbocycles. The summed E-state index contributed by atoms with van der Waals surface area (Å²) < 4.78 is 10.8. The van der Waals surface area contributed by atoms with Crippen LogP contribution in [0.1, 0.15) is 42.4 Å². The standard InChI is InChI=1S/C22H23N3O4/c1-3-19(26)16-9-11-18(12-10-16)28-14-20(27)23-13-15(2)22-24-21(25-29-22)17-7-5-4-6-8-17/h4-12,15H,3,13-14H2,1-2H3,(H,23,27)/t15-/m1/s1. The van der Waals surface area contributed by atoms with Crippen molar-refractivity contribution in [3.05, 3.63) is 66.1 Å². The molecule has 1 aromatic heterocycles. The second kappa shape index (κ2) is 9.64. The largest absolute Gasteiger partial charge is 0.484 e. The molecule has 3 aromatic rings. The number of amides is 1. The molecule has 3 rings (SSSR count). The molecular formula is C22H23N3O4. The lowest BCUT2D eigenvalue weighted by Gasteiger charge is -2.10. The van der Waals surface area contributed by atoms with E-state index in [4.69, 9.17) is 9.26 Å². The molecular weight excluding hydrogens is 370 g/mol. The maximum atomic E-state index is 12.0. The lowest BCUT2D eigenvalue weighted by molar-refractivity contribution is -0.123. The maximum absolute atomic E-state index is 12.0. The summed E-state index contributed by atoms with van der Waals surface area (Å²) in [6.45, 7) is 3.94. The van der Waals surface area contributed by atoms with E-state index in [-0.39, 0.29) is 24.2 Å². The van der Waals surface area contributed by atoms with Crippen LogP contribution in [0.4, 0.5) is 0 Å². The lowest BCUT2D eigenvalue weighted by Crippen LogP contribution is -2.31. The number of carbonyl (C=O) groups excluding carboxylic acids is 2. The number of benzene rings is 2. The molecule has 1 N–H and O–H groups in total. The molecule has 0 aliphatic carbocycles. The van der Waals surface area contributed by atoms with Crippen LogP contribution in [-0.4, -0.2) is 35.0 Å². The smallest absolute Gasteiger partial charge is 0.257 e. The van der Waals surface area contributed by atoms with Gasteiger partial charge in [0.25, 0.3) is 5.91 Å². The molecule has 0 fully saturated rings. The van der Waals surface area contributed by atoms with Gasteiger partial charge in [-0.1, -0.05) is 49.3 Å². The molecule has 7 nitrogen and oxygen atoms in total. The van der Waals surface area contributed by atoms with Gasteiger partial charge >= 0.3 is 0 Å². The van der Waals surface area contributed by atoms with Crippen LogP contribution in [0.15, 0.2) is 59.1 Å². The number of aromatic nitrogens is 2. The highest BCUT2D eigenvalue weighted by Gasteiger charge is 2.16. The molecule has 0 aliphatic rings. The Bertz CT molecular complexity index is 952. The Hall–Kier alpha value is -3.48. The van der Waals surface area contributed by atoms with E-state index in [1.165, 1.54) is 0 Å². The van der Waals surface area contributed by atoms with Crippen LogP contribution in [0, 0.1) is 0 Å². The predicted octanol–water partition coefficient (Wildman–Crippen LogP) is 3.63. The van der Waals surface area contributed by atoms with Crippen molar-refractivity contribution >= 4 is 11.7 Å². The van der Waals surface area contributed by atoms with E-state index in [2.05, 4.69) is 15.5 Å². The summed E-state index contributed by atoms with van der Waals surface area (Å²) in [5.74, 6) is 1.19. The zero-order chi connectivity index (χ0) is 20.6. The van der Waals surface area contributed by atoms with Gasteiger partial charge in [0.05, 0.1) is 5.92 Å². The van der Waals surface area contributed by atoms with E-state index in [9.17, 15) is 9.59 Å². The molecule has 150 valence electrons. The van der Waals surface area contributed by atoms with Gasteiger partial charge in [0, 0.05) is 24.1 Å². The van der Waals surface area contributed by atoms with Crippen molar-refractivity contribution < 1.29 is 18.8 Å². The van der Waals surface area contributed by atoms with Crippen LogP contribution >= 0.6 is 0 Å². The third kappa shape index (κ3) is 5.51. The van der Waals surface area contributed by atoms with Crippen molar-refractivity contribution in [2.45, 2.75) is 26.2 Å². The fourth-order valence-corrected chi connectivity index (χ4v) is 2.64. The molecule has 1 amide bonds. The summed E-state index contributed by atoms with van der Waals surface area (Å²) in [5, 5.41) is 6.78. The van der Waals surface area contributed by atoms with Crippen LogP contribution in [0.5, 0.6) is 5.75 Å². The van der Waals surface area contributed by atoms with E-state index in [1.807, 2.05) is 44.2 Å². The first-order valence-electron chi connectivity index (χ1n) is 9.48. The van der Waals surface area contributed by atoms with E-state index in [0.29, 0.717) is 36.0 Å². The molecule has 0 spiro atoms. The third-order valence-corrected chi connectivity index (χ3v) is 4.37. The topological polar surface area (TPSA) is 94.3 Å². The van der Waals surface area contributed by atoms with Gasteiger partial charge in [-0.15, -0.1) is 0 Å². The SMILES string of the molecule is CCC(=O)c1ccc(OCC(=O)NC[C@@H](C)c2nc(-c3ccccc3)no2)cc1. The van der Waals surface area contributed by atoms with Crippen molar-refractivity contribution in [3.63, 3.8) is 0 Å². The number of rotatable bonds is 9. The molecule has 0 unspecified atom stereocenters. The van der Waals surface area contributed by atoms with Gasteiger partial charge in [-0.3, -0.25) is 9.59 Å². The number of ether oxygens (including phenoxy) is 1. The summed E-state index contributed by atoms with van der Waals surface area (Å²) >= 11 is 0. The van der Waals surface area contributed by atoms with Crippen LogP contribution < -0.4 is 10.1 Å². The Kier molecular flexibility index (Phi) is 6.73. The molecule has 0 saturated heterocycles. The van der Waals surface area contributed by atoms with Gasteiger partial charge in [0.15, 0.2) is 12.4 Å². The number of ketones is 1. The first-order chi connectivity index (χ1) is 14.1. The summed E-state index contributed by atoms with van der Waals surface area (Å²) in [4.78, 5) is 28.1. The molecule has 0 bridgehead atoms. The number of Topliss-reactive ketones (excluding diaryl/α,β-unsaturated/α-hetero) is 1. The van der Waals surface area contributed by atoms with Crippen molar-refractivity contribution in [1.29, 1.82) is 0 Å². The van der Waals surface area contributed by atoms with Gasteiger partial charge in [0.1, 0.15) is 5.75 Å². The highest BCUT2D eigenvalue weighted by molar-refractivity contribution is 5.95. The summed E-state index contributed by atoms with van der Waals surface area (Å²) in [6, 6.07) is 16.3. The minimum atomic E-state index is -0.256. The zero-order valence-electron chi connectivity index (χ0n) is 16.4. The van der Waals surface area contributed by atoms with Gasteiger partial charge in [0.2, 0.25) is 11.7 Å². The second-order valence-corrected chi connectivity index (χ2v) is 6.62. The lowest BCUT2D eigenvalue weighted by atomic mass is 10.1. The van der Waals surface area contributed by atoms with E-state index >= 15 is 0 Å². The first-order valence-corrected chi connectivity index (χ1v) is 9.48. The normalized spacial score (nSPS) is 11.7. The molecule has 7 heteroatoms. The van der Waals surface area contributed by atoms with Crippen molar-refractivity contribution in [1.82, 2.24) is 15.5 Å². The molecule has 29 heavy (non-hydrogen) atoms. The number of carbonyl (C=O) groups is 2. The number of nitrogens with zero attached hydrogens (tertiary/aromatic N) is 2. The molecule has 1 heterocycles. The van der Waals surface area contributed by atoms with Crippen molar-refractivity contribution in [3.8, 4) is 17.1 Å². The highest BCUT2D eigenvalue weighted by atomic mass is 16.5. The van der Waals surface area contributed by atoms with E-state index in [0.717, 1.165) is 5.56 Å². The molecule has 0 aliphatic heterocycles. The predicted molar refractivity (Wildman–Crippen MR) is 108 cm³/mol. The van der Waals surface area contributed by atoms with E-state index in [1.54, 1.807) is 24.3 Å². The Morgan fingerprint density at radius 3 is 2.52 bits per heavy atom. The Labute approximate surface area is 169 Å². The average Bonchev–Trinajstić information content (AvgIpc) is 3.27. The fourth-order valence-electron chi connectivity index (χ4n) is 2.64. The minimum absolute atomic E-state index is 0.0692. The van der Waals surface area contributed by atoms with E-state index < -0.39 is 0 Å². The maximum Gasteiger partial charge on any atom is 0.257 e. The summed E-state index contributed by atoms with van der Waals surface area (Å²) in [7, 11) is 0. The monoisotopic (exact) mass is 393 g/mol. The quantitative estimate of drug-likeness (QED) is 0.558. The molecule has 2 aromatic carbocycles. The Morgan fingerprint density at radius 2 is 1.83 bits per heavy atom.